The number of amides is 2. The highest BCUT2D eigenvalue weighted by molar-refractivity contribution is 7.99. The van der Waals surface area contributed by atoms with E-state index in [1.165, 1.54) is 36.0 Å². The second kappa shape index (κ2) is 11.4. The average molecular weight is 532 g/mol. The molecule has 5 rings (SSSR count). The summed E-state index contributed by atoms with van der Waals surface area (Å²) >= 11 is 1.26. The maximum absolute atomic E-state index is 13.1. The minimum absolute atomic E-state index is 0.0894. The number of carbonyl (C=O) groups excluding carboxylic acids is 2. The number of carbonyl (C=O) groups is 2. The van der Waals surface area contributed by atoms with Crippen LogP contribution >= 0.6 is 11.8 Å². The number of halogens is 1. The zero-order chi connectivity index (χ0) is 26.5. The third kappa shape index (κ3) is 6.00. The van der Waals surface area contributed by atoms with Crippen molar-refractivity contribution in [2.75, 3.05) is 42.1 Å². The summed E-state index contributed by atoms with van der Waals surface area (Å²) in [5, 5.41) is 15.2. The van der Waals surface area contributed by atoms with Crippen LogP contribution in [0.2, 0.25) is 0 Å². The number of nitrogens with zero attached hydrogens (tertiary/aromatic N) is 6. The number of hydrogen-bond acceptors (Lipinski definition) is 7. The fourth-order valence-corrected chi connectivity index (χ4v) is 4.83. The zero-order valence-electron chi connectivity index (χ0n) is 20.7. The van der Waals surface area contributed by atoms with E-state index in [1.54, 1.807) is 9.58 Å². The molecule has 1 fully saturated rings. The summed E-state index contributed by atoms with van der Waals surface area (Å²) in [5.74, 6) is -0.440. The van der Waals surface area contributed by atoms with Crippen molar-refractivity contribution in [3.8, 4) is 5.69 Å². The van der Waals surface area contributed by atoms with E-state index in [-0.39, 0.29) is 23.4 Å². The molecule has 1 aliphatic rings. The first-order valence-electron chi connectivity index (χ1n) is 12.1. The molecular weight excluding hydrogens is 505 g/mol. The lowest BCUT2D eigenvalue weighted by Crippen LogP contribution is -2.48. The summed E-state index contributed by atoms with van der Waals surface area (Å²) in [6.07, 6.45) is 0. The van der Waals surface area contributed by atoms with Gasteiger partial charge < -0.3 is 15.1 Å². The number of aryl methyl sites for hydroxylation is 1. The van der Waals surface area contributed by atoms with Crippen LogP contribution in [-0.4, -0.2) is 68.9 Å². The molecule has 4 aromatic rings. The van der Waals surface area contributed by atoms with Gasteiger partial charge in [0.2, 0.25) is 11.1 Å². The number of piperazine rings is 1. The van der Waals surface area contributed by atoms with Gasteiger partial charge in [-0.25, -0.2) is 4.39 Å². The van der Waals surface area contributed by atoms with E-state index in [0.717, 1.165) is 16.9 Å². The molecule has 0 spiro atoms. The predicted octanol–water partition coefficient (Wildman–Crippen LogP) is 3.80. The SMILES string of the molecule is Cc1ccc(-n2nnnc2SCC(=O)Nc2ccc(N3CCN(C(=O)c4ccc(F)cc4)CC3)cc2)cc1. The standard InChI is InChI=1S/C27H26FN7O2S/c1-19-2-10-24(11-3-19)35-27(30-31-32-35)38-18-25(36)29-22-8-12-23(13-9-22)33-14-16-34(17-15-33)26(37)20-4-6-21(28)7-5-20/h2-13H,14-18H2,1H3,(H,29,36). The molecule has 194 valence electrons. The summed E-state index contributed by atoms with van der Waals surface area (Å²) in [6, 6.07) is 21.1. The Morgan fingerprint density at radius 3 is 2.24 bits per heavy atom. The number of rotatable bonds is 7. The van der Waals surface area contributed by atoms with Crippen molar-refractivity contribution < 1.29 is 14.0 Å². The van der Waals surface area contributed by atoms with E-state index in [1.807, 2.05) is 55.5 Å². The molecule has 0 saturated carbocycles. The third-order valence-electron chi connectivity index (χ3n) is 6.23. The van der Waals surface area contributed by atoms with Crippen LogP contribution in [0.1, 0.15) is 15.9 Å². The topological polar surface area (TPSA) is 96.2 Å². The summed E-state index contributed by atoms with van der Waals surface area (Å²) in [7, 11) is 0. The van der Waals surface area contributed by atoms with Crippen LogP contribution in [0.15, 0.2) is 78.0 Å². The molecule has 0 unspecified atom stereocenters. The Morgan fingerprint density at radius 2 is 1.55 bits per heavy atom. The van der Waals surface area contributed by atoms with Crippen molar-refractivity contribution in [2.24, 2.45) is 0 Å². The minimum atomic E-state index is -0.357. The lowest BCUT2D eigenvalue weighted by molar-refractivity contribution is -0.113. The Hall–Kier alpha value is -4.25. The summed E-state index contributed by atoms with van der Waals surface area (Å²) < 4.78 is 14.8. The van der Waals surface area contributed by atoms with Crippen LogP contribution in [0.5, 0.6) is 0 Å². The van der Waals surface area contributed by atoms with Gasteiger partial charge in [-0.05, 0) is 78.0 Å². The molecule has 1 aromatic heterocycles. The van der Waals surface area contributed by atoms with Crippen molar-refractivity contribution in [1.82, 2.24) is 25.1 Å². The molecule has 0 radical (unpaired) electrons. The Morgan fingerprint density at radius 1 is 0.895 bits per heavy atom. The molecule has 0 atom stereocenters. The van der Waals surface area contributed by atoms with Crippen LogP contribution in [0.25, 0.3) is 5.69 Å². The van der Waals surface area contributed by atoms with Gasteiger partial charge in [-0.1, -0.05) is 29.5 Å². The number of tetrazole rings is 1. The van der Waals surface area contributed by atoms with Crippen LogP contribution in [0, 0.1) is 12.7 Å². The van der Waals surface area contributed by atoms with Crippen LogP contribution in [0.4, 0.5) is 15.8 Å². The smallest absolute Gasteiger partial charge is 0.253 e. The summed E-state index contributed by atoms with van der Waals surface area (Å²) in [5.41, 5.74) is 4.18. The molecular formula is C27H26FN7O2S. The summed E-state index contributed by atoms with van der Waals surface area (Å²) in [6.45, 7) is 4.54. The Kier molecular flexibility index (Phi) is 7.64. The van der Waals surface area contributed by atoms with Crippen molar-refractivity contribution >= 4 is 35.0 Å². The third-order valence-corrected chi connectivity index (χ3v) is 7.15. The molecule has 1 saturated heterocycles. The van der Waals surface area contributed by atoms with Gasteiger partial charge >= 0.3 is 0 Å². The van der Waals surface area contributed by atoms with Gasteiger partial charge in [-0.2, -0.15) is 4.68 Å². The number of benzene rings is 3. The first-order valence-corrected chi connectivity index (χ1v) is 13.1. The molecule has 1 N–H and O–H groups in total. The van der Waals surface area contributed by atoms with Gasteiger partial charge in [0.1, 0.15) is 5.82 Å². The van der Waals surface area contributed by atoms with E-state index in [9.17, 15) is 14.0 Å². The number of hydrogen-bond donors (Lipinski definition) is 1. The molecule has 3 aromatic carbocycles. The largest absolute Gasteiger partial charge is 0.368 e. The summed E-state index contributed by atoms with van der Waals surface area (Å²) in [4.78, 5) is 29.2. The monoisotopic (exact) mass is 531 g/mol. The lowest BCUT2D eigenvalue weighted by atomic mass is 10.1. The van der Waals surface area contributed by atoms with E-state index in [2.05, 4.69) is 25.7 Å². The van der Waals surface area contributed by atoms with E-state index in [0.29, 0.717) is 42.6 Å². The molecule has 11 heteroatoms. The van der Waals surface area contributed by atoms with Crippen molar-refractivity contribution in [1.29, 1.82) is 0 Å². The van der Waals surface area contributed by atoms with Crippen molar-refractivity contribution in [3.63, 3.8) is 0 Å². The maximum Gasteiger partial charge on any atom is 0.253 e. The zero-order valence-corrected chi connectivity index (χ0v) is 21.6. The number of anilines is 2. The molecule has 1 aliphatic heterocycles. The van der Waals surface area contributed by atoms with Crippen molar-refractivity contribution in [2.45, 2.75) is 12.1 Å². The van der Waals surface area contributed by atoms with Gasteiger partial charge in [0.05, 0.1) is 11.4 Å². The van der Waals surface area contributed by atoms with Crippen LogP contribution in [-0.2, 0) is 4.79 Å². The molecule has 0 aliphatic carbocycles. The number of aromatic nitrogens is 4. The maximum atomic E-state index is 13.1. The number of thioether (sulfide) groups is 1. The highest BCUT2D eigenvalue weighted by atomic mass is 32.2. The first-order chi connectivity index (χ1) is 18.5. The predicted molar refractivity (Wildman–Crippen MR) is 144 cm³/mol. The molecule has 2 heterocycles. The fraction of sp³-hybridized carbons (Fsp3) is 0.222. The highest BCUT2D eigenvalue weighted by Crippen LogP contribution is 2.22. The van der Waals surface area contributed by atoms with Crippen LogP contribution in [0.3, 0.4) is 0 Å². The number of nitrogens with one attached hydrogen (secondary N) is 1. The van der Waals surface area contributed by atoms with Crippen molar-refractivity contribution in [3.05, 3.63) is 89.7 Å². The van der Waals surface area contributed by atoms with E-state index < -0.39 is 0 Å². The first kappa shape index (κ1) is 25.4. The lowest BCUT2D eigenvalue weighted by Gasteiger charge is -2.36. The normalized spacial score (nSPS) is 13.4. The van der Waals surface area contributed by atoms with Gasteiger partial charge in [0.15, 0.2) is 0 Å². The minimum Gasteiger partial charge on any atom is -0.368 e. The Bertz CT molecular complexity index is 1400. The van der Waals surface area contributed by atoms with Gasteiger partial charge in [-0.15, -0.1) is 5.10 Å². The van der Waals surface area contributed by atoms with Gasteiger partial charge in [0, 0.05) is 43.1 Å². The quantitative estimate of drug-likeness (QED) is 0.363. The molecule has 0 bridgehead atoms. The average Bonchev–Trinajstić information content (AvgIpc) is 3.42. The highest BCUT2D eigenvalue weighted by Gasteiger charge is 2.22. The fourth-order valence-electron chi connectivity index (χ4n) is 4.14. The second-order valence-corrected chi connectivity index (χ2v) is 9.82. The van der Waals surface area contributed by atoms with Gasteiger partial charge in [0.25, 0.3) is 5.91 Å². The van der Waals surface area contributed by atoms with Gasteiger partial charge in [-0.3, -0.25) is 9.59 Å². The molecule has 2 amide bonds. The van der Waals surface area contributed by atoms with Crippen LogP contribution < -0.4 is 10.2 Å². The van der Waals surface area contributed by atoms with E-state index in [4.69, 9.17) is 0 Å². The van der Waals surface area contributed by atoms with E-state index >= 15 is 0 Å². The molecule has 38 heavy (non-hydrogen) atoms. The Balaban J connectivity index is 1.11. The Labute approximate surface area is 223 Å². The second-order valence-electron chi connectivity index (χ2n) is 8.88. The molecule has 9 nitrogen and oxygen atoms in total.